The van der Waals surface area contributed by atoms with Crippen molar-refractivity contribution < 1.29 is 23.5 Å². The summed E-state index contributed by atoms with van der Waals surface area (Å²) in [6, 6.07) is 16.4. The molecule has 0 radical (unpaired) electrons. The predicted octanol–water partition coefficient (Wildman–Crippen LogP) is 4.35. The number of benzene rings is 2. The number of hydrogen-bond donors (Lipinski definition) is 1. The molecule has 0 unspecified atom stereocenters. The number of carbonyl (C=O) groups is 3. The maximum atomic E-state index is 12.5. The van der Waals surface area contributed by atoms with Gasteiger partial charge in [0.1, 0.15) is 11.5 Å². The van der Waals surface area contributed by atoms with E-state index in [9.17, 15) is 14.4 Å². The maximum absolute atomic E-state index is 12.5. The average Bonchev–Trinajstić information content (AvgIpc) is 3.20. The number of furan rings is 1. The van der Waals surface area contributed by atoms with Crippen molar-refractivity contribution in [3.8, 4) is 5.75 Å². The second-order valence-electron chi connectivity index (χ2n) is 5.83. The van der Waals surface area contributed by atoms with Crippen molar-refractivity contribution in [3.05, 3.63) is 89.9 Å². The zero-order valence-corrected chi connectivity index (χ0v) is 15.0. The third kappa shape index (κ3) is 4.82. The van der Waals surface area contributed by atoms with E-state index in [-0.39, 0.29) is 17.1 Å². The van der Waals surface area contributed by atoms with Gasteiger partial charge in [-0.05, 0) is 60.7 Å². The minimum absolute atomic E-state index is 0.183. The Labute approximate surface area is 161 Å². The van der Waals surface area contributed by atoms with Gasteiger partial charge in [-0.2, -0.15) is 0 Å². The van der Waals surface area contributed by atoms with Gasteiger partial charge in [0.2, 0.25) is 0 Å². The molecule has 0 fully saturated rings. The van der Waals surface area contributed by atoms with Crippen LogP contribution in [-0.2, 0) is 4.79 Å². The van der Waals surface area contributed by atoms with E-state index in [2.05, 4.69) is 5.32 Å². The molecule has 1 heterocycles. The summed E-state index contributed by atoms with van der Waals surface area (Å²) in [6.07, 6.45) is 4.53. The van der Waals surface area contributed by atoms with Gasteiger partial charge >= 0.3 is 5.97 Å². The monoisotopic (exact) mass is 375 g/mol. The second kappa shape index (κ2) is 8.64. The lowest BCUT2D eigenvalue weighted by Crippen LogP contribution is -2.14. The third-order valence-electron chi connectivity index (χ3n) is 3.75. The Hall–Kier alpha value is -3.93. The molecular formula is C22H17NO5. The van der Waals surface area contributed by atoms with Gasteiger partial charge in [0, 0.05) is 18.2 Å². The molecular weight excluding hydrogens is 358 g/mol. The van der Waals surface area contributed by atoms with Crippen molar-refractivity contribution in [2.24, 2.45) is 0 Å². The minimum atomic E-state index is -0.509. The number of nitrogens with one attached hydrogen (secondary N) is 1. The normalized spacial score (nSPS) is 10.6. The maximum Gasteiger partial charge on any atom is 0.308 e. The van der Waals surface area contributed by atoms with Crippen LogP contribution in [0.3, 0.4) is 0 Å². The lowest BCUT2D eigenvalue weighted by Gasteiger charge is -2.09. The minimum Gasteiger partial charge on any atom is -0.465 e. The molecule has 6 nitrogen and oxygen atoms in total. The molecule has 0 aliphatic rings. The van der Waals surface area contributed by atoms with Crippen molar-refractivity contribution >= 4 is 29.4 Å². The summed E-state index contributed by atoms with van der Waals surface area (Å²) < 4.78 is 10.2. The fourth-order valence-corrected chi connectivity index (χ4v) is 2.45. The molecule has 1 aromatic heterocycles. The highest BCUT2D eigenvalue weighted by Gasteiger charge is 2.14. The van der Waals surface area contributed by atoms with Crippen LogP contribution in [0.1, 0.15) is 33.4 Å². The number of allylic oxidation sites excluding steroid dienone is 1. The van der Waals surface area contributed by atoms with Gasteiger partial charge in [-0.1, -0.05) is 12.1 Å². The zero-order valence-electron chi connectivity index (χ0n) is 15.0. The highest BCUT2D eigenvalue weighted by Crippen LogP contribution is 2.20. The average molecular weight is 375 g/mol. The Kier molecular flexibility index (Phi) is 5.81. The molecule has 3 rings (SSSR count). The smallest absolute Gasteiger partial charge is 0.308 e. The van der Waals surface area contributed by atoms with Crippen LogP contribution < -0.4 is 10.1 Å². The Morgan fingerprint density at radius 2 is 1.71 bits per heavy atom. The van der Waals surface area contributed by atoms with Gasteiger partial charge in [0.25, 0.3) is 5.91 Å². The number of rotatable bonds is 6. The summed E-state index contributed by atoms with van der Waals surface area (Å²) in [6.45, 7) is 1.27. The first-order valence-corrected chi connectivity index (χ1v) is 8.48. The second-order valence-corrected chi connectivity index (χ2v) is 5.83. The number of amides is 1. The number of para-hydroxylation sites is 1. The summed E-state index contributed by atoms with van der Waals surface area (Å²) in [5.74, 6) is -0.347. The van der Waals surface area contributed by atoms with E-state index in [1.807, 2.05) is 0 Å². The summed E-state index contributed by atoms with van der Waals surface area (Å²) in [5.41, 5.74) is 1.22. The van der Waals surface area contributed by atoms with Gasteiger partial charge in [-0.3, -0.25) is 14.4 Å². The first-order chi connectivity index (χ1) is 13.5. The molecule has 0 saturated carbocycles. The van der Waals surface area contributed by atoms with E-state index < -0.39 is 11.9 Å². The van der Waals surface area contributed by atoms with Crippen LogP contribution in [0.15, 0.2) is 77.4 Å². The molecule has 0 aliphatic heterocycles. The first kappa shape index (κ1) is 18.8. The topological polar surface area (TPSA) is 85.6 Å². The standard InChI is InChI=1S/C22H17NO5/c1-15(24)28-21-7-3-2-6-19(21)22(26)23-17-10-8-16(9-11-17)20(25)13-12-18-5-4-14-27-18/h2-14H,1H3,(H,23,26)/b13-12+. The van der Waals surface area contributed by atoms with E-state index in [4.69, 9.17) is 9.15 Å². The quantitative estimate of drug-likeness (QED) is 0.300. The third-order valence-corrected chi connectivity index (χ3v) is 3.75. The van der Waals surface area contributed by atoms with E-state index >= 15 is 0 Å². The predicted molar refractivity (Wildman–Crippen MR) is 104 cm³/mol. The molecule has 0 aliphatic carbocycles. The largest absolute Gasteiger partial charge is 0.465 e. The highest BCUT2D eigenvalue weighted by molar-refractivity contribution is 6.08. The Morgan fingerprint density at radius 1 is 0.964 bits per heavy atom. The van der Waals surface area contributed by atoms with Crippen LogP contribution in [-0.4, -0.2) is 17.7 Å². The fourth-order valence-electron chi connectivity index (χ4n) is 2.45. The highest BCUT2D eigenvalue weighted by atomic mass is 16.5. The number of ether oxygens (including phenoxy) is 1. The van der Waals surface area contributed by atoms with Gasteiger partial charge in [0.05, 0.1) is 11.8 Å². The van der Waals surface area contributed by atoms with Crippen LogP contribution in [0.2, 0.25) is 0 Å². The summed E-state index contributed by atoms with van der Waals surface area (Å²) >= 11 is 0. The number of ketones is 1. The van der Waals surface area contributed by atoms with Gasteiger partial charge in [0.15, 0.2) is 5.78 Å². The molecule has 6 heteroatoms. The number of esters is 1. The van der Waals surface area contributed by atoms with Crippen LogP contribution in [0.4, 0.5) is 5.69 Å². The van der Waals surface area contributed by atoms with Crippen molar-refractivity contribution in [2.45, 2.75) is 6.92 Å². The van der Waals surface area contributed by atoms with Crippen LogP contribution in [0, 0.1) is 0 Å². The van der Waals surface area contributed by atoms with E-state index in [1.54, 1.807) is 66.7 Å². The van der Waals surface area contributed by atoms with Crippen LogP contribution >= 0.6 is 0 Å². The van der Waals surface area contributed by atoms with Crippen LogP contribution in [0.25, 0.3) is 6.08 Å². The van der Waals surface area contributed by atoms with Gasteiger partial charge in [-0.15, -0.1) is 0 Å². The summed E-state index contributed by atoms with van der Waals surface area (Å²) in [7, 11) is 0. The molecule has 3 aromatic rings. The van der Waals surface area contributed by atoms with Crippen molar-refractivity contribution in [2.75, 3.05) is 5.32 Å². The van der Waals surface area contributed by atoms with Crippen LogP contribution in [0.5, 0.6) is 5.75 Å². The van der Waals surface area contributed by atoms with E-state index in [0.29, 0.717) is 17.0 Å². The van der Waals surface area contributed by atoms with Crippen molar-refractivity contribution in [1.29, 1.82) is 0 Å². The SMILES string of the molecule is CC(=O)Oc1ccccc1C(=O)Nc1ccc(C(=O)/C=C/c2ccco2)cc1. The molecule has 0 bridgehead atoms. The van der Waals surface area contributed by atoms with Crippen molar-refractivity contribution in [1.82, 2.24) is 0 Å². The van der Waals surface area contributed by atoms with E-state index in [1.165, 1.54) is 19.3 Å². The molecule has 0 spiro atoms. The molecule has 28 heavy (non-hydrogen) atoms. The fraction of sp³-hybridized carbons (Fsp3) is 0.0455. The molecule has 1 amide bonds. The van der Waals surface area contributed by atoms with Crippen molar-refractivity contribution in [3.63, 3.8) is 0 Å². The Bertz CT molecular complexity index is 1020. The summed E-state index contributed by atoms with van der Waals surface area (Å²) in [5, 5.41) is 2.72. The Balaban J connectivity index is 1.68. The molecule has 1 N–H and O–H groups in total. The van der Waals surface area contributed by atoms with Gasteiger partial charge in [-0.25, -0.2) is 0 Å². The summed E-state index contributed by atoms with van der Waals surface area (Å²) in [4.78, 5) is 35.8. The molecule has 0 atom stereocenters. The molecule has 0 saturated heterocycles. The van der Waals surface area contributed by atoms with E-state index in [0.717, 1.165) is 0 Å². The molecule has 140 valence electrons. The lowest BCUT2D eigenvalue weighted by atomic mass is 10.1. The molecule has 2 aromatic carbocycles. The first-order valence-electron chi connectivity index (χ1n) is 8.48. The lowest BCUT2D eigenvalue weighted by molar-refractivity contribution is -0.131. The zero-order chi connectivity index (χ0) is 19.9. The van der Waals surface area contributed by atoms with Gasteiger partial charge < -0.3 is 14.5 Å². The Morgan fingerprint density at radius 3 is 2.39 bits per heavy atom. The number of hydrogen-bond acceptors (Lipinski definition) is 5. The number of anilines is 1. The number of carbonyl (C=O) groups excluding carboxylic acids is 3.